The van der Waals surface area contributed by atoms with Gasteiger partial charge in [0.15, 0.2) is 0 Å². The molecule has 0 N–H and O–H groups in total. The molecule has 0 fully saturated rings. The van der Waals surface area contributed by atoms with Crippen LogP contribution >= 0.6 is 0 Å². The lowest BCUT2D eigenvalue weighted by Gasteiger charge is -2.40. The van der Waals surface area contributed by atoms with Crippen LogP contribution in [0.1, 0.15) is 42.1 Å². The first-order valence-electron chi connectivity index (χ1n) is 10.9. The van der Waals surface area contributed by atoms with Crippen LogP contribution in [0.2, 0.25) is 0 Å². The molecule has 5 rings (SSSR count). The van der Waals surface area contributed by atoms with Crippen molar-refractivity contribution in [3.8, 4) is 11.5 Å². The van der Waals surface area contributed by atoms with Crippen molar-refractivity contribution < 1.29 is 9.47 Å². The van der Waals surface area contributed by atoms with E-state index in [0.717, 1.165) is 24.6 Å². The van der Waals surface area contributed by atoms with E-state index in [9.17, 15) is 0 Å². The molecule has 0 amide bonds. The van der Waals surface area contributed by atoms with Crippen molar-refractivity contribution in [1.82, 2.24) is 4.90 Å². The first-order chi connectivity index (χ1) is 15.1. The highest BCUT2D eigenvalue weighted by Crippen LogP contribution is 2.50. The molecule has 0 saturated carbocycles. The van der Waals surface area contributed by atoms with Gasteiger partial charge in [-0.3, -0.25) is 4.90 Å². The quantitative estimate of drug-likeness (QED) is 0.518. The van der Waals surface area contributed by atoms with Crippen LogP contribution in [0, 0.1) is 5.41 Å². The molecule has 0 spiro atoms. The van der Waals surface area contributed by atoms with Gasteiger partial charge in [-0.2, -0.15) is 0 Å². The van der Waals surface area contributed by atoms with E-state index in [-0.39, 0.29) is 11.5 Å². The Bertz CT molecular complexity index is 1100. The number of nitrogens with zero attached hydrogens (tertiary/aromatic N) is 1. The number of ether oxygens (including phenoxy) is 2. The van der Waals surface area contributed by atoms with Crippen molar-refractivity contribution in [1.29, 1.82) is 0 Å². The Morgan fingerprint density at radius 2 is 1.68 bits per heavy atom. The number of methoxy groups -OCH3 is 1. The van der Waals surface area contributed by atoms with Crippen LogP contribution in [-0.2, 0) is 6.54 Å². The van der Waals surface area contributed by atoms with Gasteiger partial charge in [-0.25, -0.2) is 0 Å². The van der Waals surface area contributed by atoms with Gasteiger partial charge in [0, 0.05) is 29.6 Å². The summed E-state index contributed by atoms with van der Waals surface area (Å²) in [5.41, 5.74) is 6.30. The maximum atomic E-state index is 6.32. The monoisotopic (exact) mass is 411 g/mol. The lowest BCUT2D eigenvalue weighted by molar-refractivity contribution is 0.222. The van der Waals surface area contributed by atoms with Crippen LogP contribution in [0.3, 0.4) is 0 Å². The third-order valence-corrected chi connectivity index (χ3v) is 6.23. The first-order valence-corrected chi connectivity index (χ1v) is 10.9. The van der Waals surface area contributed by atoms with Crippen molar-refractivity contribution in [3.05, 3.63) is 101 Å². The summed E-state index contributed by atoms with van der Waals surface area (Å²) < 4.78 is 12.2. The minimum absolute atomic E-state index is 0.0309. The minimum Gasteiger partial charge on any atom is -0.496 e. The number of rotatable bonds is 4. The number of hydrogen-bond donors (Lipinski definition) is 0. The van der Waals surface area contributed by atoms with E-state index in [1.807, 2.05) is 0 Å². The zero-order chi connectivity index (χ0) is 21.4. The van der Waals surface area contributed by atoms with E-state index < -0.39 is 0 Å². The van der Waals surface area contributed by atoms with Crippen molar-refractivity contribution in [2.24, 2.45) is 5.41 Å². The number of hydrogen-bond acceptors (Lipinski definition) is 3. The Morgan fingerprint density at radius 1 is 0.968 bits per heavy atom. The molecule has 2 aliphatic rings. The van der Waals surface area contributed by atoms with Gasteiger partial charge in [-0.1, -0.05) is 80.6 Å². The summed E-state index contributed by atoms with van der Waals surface area (Å²) in [5.74, 6) is 1.88. The molecule has 3 aromatic rings. The zero-order valence-corrected chi connectivity index (χ0v) is 18.5. The summed E-state index contributed by atoms with van der Waals surface area (Å²) in [6.45, 7) is 6.89. The van der Waals surface area contributed by atoms with E-state index in [1.165, 1.54) is 27.8 Å². The Morgan fingerprint density at radius 3 is 2.39 bits per heavy atom. The smallest absolute Gasteiger partial charge is 0.127 e. The maximum Gasteiger partial charge on any atom is 0.127 e. The molecule has 0 radical (unpaired) electrons. The highest BCUT2D eigenvalue weighted by Gasteiger charge is 2.38. The van der Waals surface area contributed by atoms with Crippen LogP contribution in [0.15, 0.2) is 78.9 Å². The van der Waals surface area contributed by atoms with Gasteiger partial charge >= 0.3 is 0 Å². The SMILES string of the molecule is COc1ccc2c3c1C(c1ccccc1)N(Cc1ccccc1)CC3=CC(C)(C)CO2. The van der Waals surface area contributed by atoms with E-state index in [2.05, 4.69) is 97.6 Å². The van der Waals surface area contributed by atoms with Crippen molar-refractivity contribution >= 4 is 5.57 Å². The summed E-state index contributed by atoms with van der Waals surface area (Å²) in [5, 5.41) is 0. The summed E-state index contributed by atoms with van der Waals surface area (Å²) in [6.07, 6.45) is 2.40. The van der Waals surface area contributed by atoms with Gasteiger partial charge in [-0.05, 0) is 28.8 Å². The minimum atomic E-state index is -0.0309. The third kappa shape index (κ3) is 3.75. The molecule has 1 unspecified atom stereocenters. The van der Waals surface area contributed by atoms with Gasteiger partial charge < -0.3 is 9.47 Å². The molecule has 3 aromatic carbocycles. The standard InChI is InChI=1S/C28H29NO2/c1-28(2)16-22-18-29(17-20-10-6-4-7-11-20)27(21-12-8-5-9-13-21)26-23(30-3)14-15-24(25(22)26)31-19-28/h4-16,27H,17-19H2,1-3H3. The van der Waals surface area contributed by atoms with E-state index in [0.29, 0.717) is 6.61 Å². The summed E-state index contributed by atoms with van der Waals surface area (Å²) in [4.78, 5) is 2.56. The molecule has 3 nitrogen and oxygen atoms in total. The highest BCUT2D eigenvalue weighted by atomic mass is 16.5. The van der Waals surface area contributed by atoms with Gasteiger partial charge in [0.25, 0.3) is 0 Å². The average Bonchev–Trinajstić information content (AvgIpc) is 2.91. The van der Waals surface area contributed by atoms with Gasteiger partial charge in [0.1, 0.15) is 11.5 Å². The van der Waals surface area contributed by atoms with Crippen molar-refractivity contribution in [3.63, 3.8) is 0 Å². The first kappa shape index (κ1) is 19.9. The predicted octanol–water partition coefficient (Wildman–Crippen LogP) is 6.10. The molecule has 0 bridgehead atoms. The summed E-state index contributed by atoms with van der Waals surface area (Å²) >= 11 is 0. The topological polar surface area (TPSA) is 21.7 Å². The van der Waals surface area contributed by atoms with Gasteiger partial charge in [0.05, 0.1) is 19.8 Å². The van der Waals surface area contributed by atoms with Gasteiger partial charge in [-0.15, -0.1) is 0 Å². The second-order valence-corrected chi connectivity index (χ2v) is 9.21. The summed E-state index contributed by atoms with van der Waals surface area (Å²) in [7, 11) is 1.77. The average molecular weight is 412 g/mol. The van der Waals surface area contributed by atoms with E-state index in [1.54, 1.807) is 7.11 Å². The molecule has 31 heavy (non-hydrogen) atoms. The fourth-order valence-corrected chi connectivity index (χ4v) is 4.93. The second-order valence-electron chi connectivity index (χ2n) is 9.21. The fraction of sp³-hybridized carbons (Fsp3) is 0.286. The predicted molar refractivity (Wildman–Crippen MR) is 125 cm³/mol. The lowest BCUT2D eigenvalue weighted by Crippen LogP contribution is -2.35. The third-order valence-electron chi connectivity index (χ3n) is 6.23. The largest absolute Gasteiger partial charge is 0.496 e. The summed E-state index contributed by atoms with van der Waals surface area (Å²) in [6, 6.07) is 25.7. The van der Waals surface area contributed by atoms with Gasteiger partial charge in [0.2, 0.25) is 0 Å². The van der Waals surface area contributed by atoms with Crippen LogP contribution in [0.4, 0.5) is 0 Å². The second kappa shape index (κ2) is 7.90. The van der Waals surface area contributed by atoms with Crippen LogP contribution in [-0.4, -0.2) is 25.2 Å². The lowest BCUT2D eigenvalue weighted by atomic mass is 9.81. The molecule has 158 valence electrons. The van der Waals surface area contributed by atoms with Crippen molar-refractivity contribution in [2.75, 3.05) is 20.3 Å². The van der Waals surface area contributed by atoms with E-state index in [4.69, 9.17) is 9.47 Å². The fourth-order valence-electron chi connectivity index (χ4n) is 4.93. The molecule has 0 aromatic heterocycles. The van der Waals surface area contributed by atoms with Crippen LogP contribution in [0.25, 0.3) is 5.57 Å². The Hall–Kier alpha value is -3.04. The highest BCUT2D eigenvalue weighted by molar-refractivity contribution is 5.80. The maximum absolute atomic E-state index is 6.32. The molecule has 2 heterocycles. The molecule has 0 saturated heterocycles. The number of benzene rings is 3. The van der Waals surface area contributed by atoms with Crippen LogP contribution < -0.4 is 9.47 Å². The zero-order valence-electron chi connectivity index (χ0n) is 18.5. The Balaban J connectivity index is 1.74. The van der Waals surface area contributed by atoms with E-state index >= 15 is 0 Å². The van der Waals surface area contributed by atoms with Crippen molar-refractivity contribution in [2.45, 2.75) is 26.4 Å². The normalized spacial score (nSPS) is 19.6. The molecular weight excluding hydrogens is 382 g/mol. The molecule has 2 aliphatic heterocycles. The molecular formula is C28H29NO2. The molecule has 3 heteroatoms. The molecule has 0 aliphatic carbocycles. The Labute approximate surface area is 184 Å². The molecule has 1 atom stereocenters. The van der Waals surface area contributed by atoms with Crippen LogP contribution in [0.5, 0.6) is 11.5 Å². The Kier molecular flexibility index (Phi) is 5.07.